The molecule has 0 radical (unpaired) electrons. The van der Waals surface area contributed by atoms with Crippen LogP contribution in [0.15, 0.2) is 0 Å². The van der Waals surface area contributed by atoms with Crippen LogP contribution in [0.5, 0.6) is 0 Å². The number of rotatable bonds is 2. The zero-order valence-electron chi connectivity index (χ0n) is 5.61. The first kappa shape index (κ1) is 8.17. The summed E-state index contributed by atoms with van der Waals surface area (Å²) in [6.07, 6.45) is 0. The molecule has 1 fully saturated rings. The van der Waals surface area contributed by atoms with Crippen molar-refractivity contribution >= 4 is 7.82 Å². The fraction of sp³-hybridized carbons (Fsp3) is 1.00. The highest BCUT2D eigenvalue weighted by Gasteiger charge is 2.30. The fourth-order valence-corrected chi connectivity index (χ4v) is 1.50. The molecule has 1 saturated heterocycles. The van der Waals surface area contributed by atoms with Crippen LogP contribution in [-0.4, -0.2) is 19.8 Å². The maximum atomic E-state index is 11.0. The molecular weight excluding hydrogens is 159 g/mol. The van der Waals surface area contributed by atoms with Crippen molar-refractivity contribution in [3.8, 4) is 0 Å². The summed E-state index contributed by atoms with van der Waals surface area (Å²) in [5.74, 6) is 0. The van der Waals surface area contributed by atoms with Gasteiger partial charge in [-0.15, -0.1) is 4.67 Å². The summed E-state index contributed by atoms with van der Waals surface area (Å²) in [7, 11) is -3.34. The van der Waals surface area contributed by atoms with Gasteiger partial charge in [-0.2, -0.15) is 0 Å². The van der Waals surface area contributed by atoms with E-state index < -0.39 is 7.82 Å². The highest BCUT2D eigenvalue weighted by Crippen LogP contribution is 2.50. The van der Waals surface area contributed by atoms with Crippen molar-refractivity contribution in [1.29, 1.82) is 0 Å². The topological polar surface area (TPSA) is 54.0 Å². The lowest BCUT2D eigenvalue weighted by Gasteiger charge is -2.19. The molecule has 0 bridgehead atoms. The zero-order chi connectivity index (χ0) is 7.45. The van der Waals surface area contributed by atoms with Crippen LogP contribution in [0.25, 0.3) is 0 Å². The smallest absolute Gasteiger partial charge is 0.286 e. The van der Waals surface area contributed by atoms with Gasteiger partial charge in [0.05, 0.1) is 13.2 Å². The second-order valence-electron chi connectivity index (χ2n) is 1.59. The number of hydrogen-bond donors (Lipinski definition) is 0. The lowest BCUT2D eigenvalue weighted by molar-refractivity contribution is -0.253. The van der Waals surface area contributed by atoms with Crippen LogP contribution in [0.3, 0.4) is 0 Å². The average Bonchev–Trinajstić information content (AvgIpc) is 1.89. The molecule has 10 heavy (non-hydrogen) atoms. The molecule has 5 nitrogen and oxygen atoms in total. The van der Waals surface area contributed by atoms with Crippen molar-refractivity contribution in [3.63, 3.8) is 0 Å². The quantitative estimate of drug-likeness (QED) is 0.456. The molecule has 0 spiro atoms. The third kappa shape index (κ3) is 2.04. The van der Waals surface area contributed by atoms with Crippen molar-refractivity contribution in [2.75, 3.05) is 19.8 Å². The van der Waals surface area contributed by atoms with Crippen molar-refractivity contribution in [1.82, 2.24) is 0 Å². The van der Waals surface area contributed by atoms with E-state index in [-0.39, 0.29) is 19.8 Å². The van der Waals surface area contributed by atoms with Gasteiger partial charge in [-0.25, -0.2) is 9.45 Å². The zero-order valence-corrected chi connectivity index (χ0v) is 6.50. The molecular formula is C4H9O5P. The Kier molecular flexibility index (Phi) is 2.82. The van der Waals surface area contributed by atoms with Gasteiger partial charge in [-0.1, -0.05) is 0 Å². The van der Waals surface area contributed by atoms with E-state index in [1.165, 1.54) is 0 Å². The van der Waals surface area contributed by atoms with E-state index in [2.05, 4.69) is 14.1 Å². The van der Waals surface area contributed by atoms with Crippen LogP contribution in [0.1, 0.15) is 6.92 Å². The van der Waals surface area contributed by atoms with Crippen LogP contribution in [0.4, 0.5) is 0 Å². The van der Waals surface area contributed by atoms with E-state index in [1.807, 2.05) is 0 Å². The number of phosphoric ester groups is 1. The van der Waals surface area contributed by atoms with Crippen molar-refractivity contribution < 1.29 is 23.2 Å². The van der Waals surface area contributed by atoms with Crippen LogP contribution < -0.4 is 0 Å². The largest absolute Gasteiger partial charge is 0.502 e. The van der Waals surface area contributed by atoms with Gasteiger partial charge in [0.2, 0.25) is 0 Å². The Morgan fingerprint density at radius 1 is 1.60 bits per heavy atom. The van der Waals surface area contributed by atoms with E-state index in [0.29, 0.717) is 0 Å². The minimum absolute atomic E-state index is 0.247. The third-order valence-corrected chi connectivity index (χ3v) is 2.21. The standard InChI is InChI=1S/C4H9O5P/c1-2-7-10(5)8-4-3-6-9-10/h2-4H2,1H3. The lowest BCUT2D eigenvalue weighted by Crippen LogP contribution is -2.12. The molecule has 1 aliphatic heterocycles. The Hall–Kier alpha value is 0.0700. The highest BCUT2D eigenvalue weighted by atomic mass is 31.2. The van der Waals surface area contributed by atoms with Gasteiger partial charge in [0.1, 0.15) is 6.61 Å². The van der Waals surface area contributed by atoms with Crippen molar-refractivity contribution in [2.24, 2.45) is 0 Å². The molecule has 0 N–H and O–H groups in total. The summed E-state index contributed by atoms with van der Waals surface area (Å²) >= 11 is 0. The van der Waals surface area contributed by atoms with Crippen molar-refractivity contribution in [2.45, 2.75) is 6.92 Å². The molecule has 0 amide bonds. The SMILES string of the molecule is CCOP1(=O)OCCOO1. The van der Waals surface area contributed by atoms with Crippen LogP contribution >= 0.6 is 7.82 Å². The maximum absolute atomic E-state index is 11.0. The number of phosphoric acid groups is 1. The summed E-state index contributed by atoms with van der Waals surface area (Å²) in [6, 6.07) is 0. The molecule has 60 valence electrons. The van der Waals surface area contributed by atoms with Gasteiger partial charge in [-0.3, -0.25) is 9.05 Å². The van der Waals surface area contributed by atoms with Crippen molar-refractivity contribution in [3.05, 3.63) is 0 Å². The summed E-state index contributed by atoms with van der Waals surface area (Å²) in [4.78, 5) is 4.42. The third-order valence-electron chi connectivity index (χ3n) is 0.847. The molecule has 0 aromatic heterocycles. The highest BCUT2D eigenvalue weighted by molar-refractivity contribution is 7.48. The van der Waals surface area contributed by atoms with Crippen LogP contribution in [0, 0.1) is 0 Å². The molecule has 0 aromatic carbocycles. The Morgan fingerprint density at radius 2 is 2.40 bits per heavy atom. The van der Waals surface area contributed by atoms with Crippen LogP contribution in [-0.2, 0) is 23.2 Å². The van der Waals surface area contributed by atoms with E-state index in [0.717, 1.165) is 0 Å². The first-order valence-corrected chi connectivity index (χ1v) is 4.43. The molecule has 0 saturated carbocycles. The molecule has 1 heterocycles. The fourth-order valence-electron chi connectivity index (χ4n) is 0.523. The van der Waals surface area contributed by atoms with E-state index in [4.69, 9.17) is 4.52 Å². The Labute approximate surface area is 58.8 Å². The Morgan fingerprint density at radius 3 is 2.90 bits per heavy atom. The normalized spacial score (nSPS) is 34.1. The minimum Gasteiger partial charge on any atom is -0.286 e. The molecule has 1 aliphatic rings. The van der Waals surface area contributed by atoms with Crippen LogP contribution in [0.2, 0.25) is 0 Å². The first-order chi connectivity index (χ1) is 4.77. The van der Waals surface area contributed by atoms with E-state index in [9.17, 15) is 4.57 Å². The van der Waals surface area contributed by atoms with Gasteiger partial charge in [0.25, 0.3) is 0 Å². The predicted octanol–water partition coefficient (Wildman–Crippen LogP) is 1.11. The molecule has 0 aromatic rings. The Balaban J connectivity index is 2.41. The van der Waals surface area contributed by atoms with E-state index >= 15 is 0 Å². The molecule has 1 unspecified atom stereocenters. The van der Waals surface area contributed by atoms with Gasteiger partial charge in [0, 0.05) is 0 Å². The monoisotopic (exact) mass is 168 g/mol. The second kappa shape index (κ2) is 3.46. The van der Waals surface area contributed by atoms with Gasteiger partial charge in [-0.05, 0) is 6.92 Å². The summed E-state index contributed by atoms with van der Waals surface area (Å²) in [5, 5.41) is 0. The van der Waals surface area contributed by atoms with Gasteiger partial charge in [0.15, 0.2) is 0 Å². The van der Waals surface area contributed by atoms with Gasteiger partial charge >= 0.3 is 7.82 Å². The molecule has 0 aliphatic carbocycles. The van der Waals surface area contributed by atoms with Gasteiger partial charge < -0.3 is 0 Å². The lowest BCUT2D eigenvalue weighted by atomic mass is 10.8. The number of hydrogen-bond acceptors (Lipinski definition) is 5. The maximum Gasteiger partial charge on any atom is 0.502 e. The van der Waals surface area contributed by atoms with E-state index in [1.54, 1.807) is 6.92 Å². The Bertz CT molecular complexity index is 128. The minimum atomic E-state index is -3.34. The molecule has 1 atom stereocenters. The predicted molar refractivity (Wildman–Crippen MR) is 32.2 cm³/mol. The molecule has 1 rings (SSSR count). The first-order valence-electron chi connectivity index (χ1n) is 2.97. The summed E-state index contributed by atoms with van der Waals surface area (Å²) < 4.78 is 24.7. The summed E-state index contributed by atoms with van der Waals surface area (Å²) in [6.45, 7) is 2.51. The average molecular weight is 168 g/mol. The molecule has 6 heteroatoms. The summed E-state index contributed by atoms with van der Waals surface area (Å²) in [5.41, 5.74) is 0. The second-order valence-corrected chi connectivity index (χ2v) is 3.15.